The lowest BCUT2D eigenvalue weighted by Crippen LogP contribution is -2.09. The van der Waals surface area contributed by atoms with Gasteiger partial charge in [-0.3, -0.25) is 10.1 Å². The van der Waals surface area contributed by atoms with Gasteiger partial charge in [-0.15, -0.1) is 11.6 Å². The lowest BCUT2D eigenvalue weighted by molar-refractivity contribution is -0.384. The first-order valence-electron chi connectivity index (χ1n) is 5.03. The van der Waals surface area contributed by atoms with Gasteiger partial charge in [-0.25, -0.2) is 8.42 Å². The van der Waals surface area contributed by atoms with Gasteiger partial charge >= 0.3 is 0 Å². The van der Waals surface area contributed by atoms with E-state index in [0.717, 1.165) is 12.1 Å². The number of nitro groups is 1. The van der Waals surface area contributed by atoms with Crippen molar-refractivity contribution in [2.75, 3.05) is 11.6 Å². The van der Waals surface area contributed by atoms with Crippen molar-refractivity contribution in [1.29, 1.82) is 0 Å². The van der Waals surface area contributed by atoms with E-state index in [9.17, 15) is 18.5 Å². The third-order valence-corrected chi connectivity index (χ3v) is 4.83. The fourth-order valence-corrected chi connectivity index (χ4v) is 3.66. The maximum Gasteiger partial charge on any atom is 0.288 e. The molecule has 0 aromatic heterocycles. The van der Waals surface area contributed by atoms with E-state index in [-0.39, 0.29) is 27.2 Å². The van der Waals surface area contributed by atoms with Crippen LogP contribution in [0.1, 0.15) is 12.0 Å². The summed E-state index contributed by atoms with van der Waals surface area (Å²) in [4.78, 5) is 10.0. The number of rotatable bonds is 5. The van der Waals surface area contributed by atoms with Gasteiger partial charge in [-0.05, 0) is 25.0 Å². The molecule has 0 bridgehead atoms. The van der Waals surface area contributed by atoms with Crippen molar-refractivity contribution in [3.63, 3.8) is 0 Å². The number of aryl methyl sites for hydroxylation is 1. The van der Waals surface area contributed by atoms with Gasteiger partial charge in [0.05, 0.1) is 15.6 Å². The molecule has 1 aromatic rings. The molecule has 0 radical (unpaired) electrons. The van der Waals surface area contributed by atoms with Crippen LogP contribution in [0.5, 0.6) is 0 Å². The standard InChI is InChI=1S/C10H11Cl2NO4S/c1-7-5-9(13(14)15)8(12)6-10(7)18(16,17)4-2-3-11/h5-6H,2-4H2,1H3. The number of sulfone groups is 1. The minimum absolute atomic E-state index is 0.0169. The van der Waals surface area contributed by atoms with E-state index in [2.05, 4.69) is 0 Å². The highest BCUT2D eigenvalue weighted by Crippen LogP contribution is 2.30. The molecule has 5 nitrogen and oxygen atoms in total. The molecule has 0 fully saturated rings. The van der Waals surface area contributed by atoms with Crippen LogP contribution in [0.2, 0.25) is 5.02 Å². The average molecular weight is 312 g/mol. The number of hydrogen-bond donors (Lipinski definition) is 0. The van der Waals surface area contributed by atoms with Crippen LogP contribution in [0.25, 0.3) is 0 Å². The molecule has 0 unspecified atom stereocenters. The lowest BCUT2D eigenvalue weighted by atomic mass is 10.2. The Bertz CT molecular complexity index is 571. The normalized spacial score (nSPS) is 11.5. The molecule has 1 rings (SSSR count). The van der Waals surface area contributed by atoms with Gasteiger partial charge < -0.3 is 0 Å². The maximum absolute atomic E-state index is 12.0. The van der Waals surface area contributed by atoms with Crippen molar-refractivity contribution in [2.24, 2.45) is 0 Å². The molecule has 8 heteroatoms. The summed E-state index contributed by atoms with van der Waals surface area (Å²) >= 11 is 11.2. The monoisotopic (exact) mass is 311 g/mol. The Morgan fingerprint density at radius 1 is 1.39 bits per heavy atom. The topological polar surface area (TPSA) is 77.3 Å². The Hall–Kier alpha value is -0.850. The van der Waals surface area contributed by atoms with Crippen LogP contribution in [0.3, 0.4) is 0 Å². The number of benzene rings is 1. The molecule has 100 valence electrons. The fraction of sp³-hybridized carbons (Fsp3) is 0.400. The number of nitrogens with zero attached hydrogens (tertiary/aromatic N) is 1. The van der Waals surface area contributed by atoms with Crippen molar-refractivity contribution in [3.05, 3.63) is 32.8 Å². The number of nitro benzene ring substituents is 1. The van der Waals surface area contributed by atoms with Crippen LogP contribution in [-0.2, 0) is 9.84 Å². The smallest absolute Gasteiger partial charge is 0.258 e. The van der Waals surface area contributed by atoms with Crippen molar-refractivity contribution in [3.8, 4) is 0 Å². The molecule has 1 aromatic carbocycles. The molecule has 18 heavy (non-hydrogen) atoms. The first-order chi connectivity index (χ1) is 8.29. The van der Waals surface area contributed by atoms with E-state index in [1.54, 1.807) is 0 Å². The van der Waals surface area contributed by atoms with Crippen LogP contribution >= 0.6 is 23.2 Å². The van der Waals surface area contributed by atoms with Gasteiger partial charge in [-0.2, -0.15) is 0 Å². The zero-order chi connectivity index (χ0) is 13.9. The number of hydrogen-bond acceptors (Lipinski definition) is 4. The van der Waals surface area contributed by atoms with E-state index >= 15 is 0 Å². The quantitative estimate of drug-likeness (QED) is 0.476. The summed E-state index contributed by atoms with van der Waals surface area (Å²) in [5.41, 5.74) is 0.00568. The number of halogens is 2. The Kier molecular flexibility index (Phi) is 4.95. The molecular weight excluding hydrogens is 301 g/mol. The second kappa shape index (κ2) is 5.86. The van der Waals surface area contributed by atoms with Crippen LogP contribution in [0, 0.1) is 17.0 Å². The number of alkyl halides is 1. The molecule has 0 heterocycles. The van der Waals surface area contributed by atoms with Crippen LogP contribution in [0.4, 0.5) is 5.69 Å². The third kappa shape index (κ3) is 3.34. The average Bonchev–Trinajstić information content (AvgIpc) is 2.28. The molecule has 0 aliphatic rings. The summed E-state index contributed by atoms with van der Waals surface area (Å²) < 4.78 is 23.9. The molecule has 0 atom stereocenters. The van der Waals surface area contributed by atoms with E-state index in [1.165, 1.54) is 6.92 Å². The molecular formula is C10H11Cl2NO4S. The van der Waals surface area contributed by atoms with Gasteiger partial charge in [-0.1, -0.05) is 11.6 Å². The van der Waals surface area contributed by atoms with E-state index in [1.807, 2.05) is 0 Å². The summed E-state index contributed by atoms with van der Waals surface area (Å²) in [7, 11) is -3.51. The lowest BCUT2D eigenvalue weighted by Gasteiger charge is -2.07. The van der Waals surface area contributed by atoms with Gasteiger partial charge in [0.15, 0.2) is 9.84 Å². The Morgan fingerprint density at radius 2 is 2.00 bits per heavy atom. The Balaban J connectivity index is 3.28. The van der Waals surface area contributed by atoms with E-state index in [0.29, 0.717) is 12.0 Å². The first kappa shape index (κ1) is 15.2. The highest BCUT2D eigenvalue weighted by Gasteiger charge is 2.22. The minimum Gasteiger partial charge on any atom is -0.258 e. The zero-order valence-corrected chi connectivity index (χ0v) is 11.8. The summed E-state index contributed by atoms with van der Waals surface area (Å²) in [5, 5.41) is 10.5. The predicted octanol–water partition coefficient (Wildman–Crippen LogP) is 2.96. The van der Waals surface area contributed by atoms with Gasteiger partial charge in [0.1, 0.15) is 5.02 Å². The predicted molar refractivity (Wildman–Crippen MR) is 70.2 cm³/mol. The van der Waals surface area contributed by atoms with Gasteiger partial charge in [0, 0.05) is 11.9 Å². The zero-order valence-electron chi connectivity index (χ0n) is 9.52. The Morgan fingerprint density at radius 3 is 2.50 bits per heavy atom. The molecule has 0 saturated carbocycles. The molecule has 0 saturated heterocycles. The van der Waals surface area contributed by atoms with Crippen molar-refractivity contribution < 1.29 is 13.3 Å². The van der Waals surface area contributed by atoms with Crippen molar-refractivity contribution in [1.82, 2.24) is 0 Å². The van der Waals surface area contributed by atoms with Crippen LogP contribution in [-0.4, -0.2) is 25.0 Å². The summed E-state index contributed by atoms with van der Waals surface area (Å²) in [5.74, 6) is 0.129. The van der Waals surface area contributed by atoms with Crippen molar-refractivity contribution in [2.45, 2.75) is 18.2 Å². The molecule has 0 spiro atoms. The van der Waals surface area contributed by atoms with Crippen LogP contribution < -0.4 is 0 Å². The second-order valence-electron chi connectivity index (χ2n) is 3.69. The second-order valence-corrected chi connectivity index (χ2v) is 6.55. The third-order valence-electron chi connectivity index (χ3n) is 2.32. The largest absolute Gasteiger partial charge is 0.288 e. The Labute approximate surface area is 115 Å². The summed E-state index contributed by atoms with van der Waals surface area (Å²) in [6.07, 6.45) is 0.317. The van der Waals surface area contributed by atoms with Crippen molar-refractivity contribution >= 4 is 38.7 Å². The van der Waals surface area contributed by atoms with Gasteiger partial charge in [0.2, 0.25) is 0 Å². The maximum atomic E-state index is 12.0. The molecule has 0 N–H and O–H groups in total. The highest BCUT2D eigenvalue weighted by atomic mass is 35.5. The molecule has 0 aliphatic heterocycles. The first-order valence-corrected chi connectivity index (χ1v) is 7.59. The fourth-order valence-electron chi connectivity index (χ4n) is 1.48. The summed E-state index contributed by atoms with van der Waals surface area (Å²) in [6, 6.07) is 2.29. The highest BCUT2D eigenvalue weighted by molar-refractivity contribution is 7.91. The van der Waals surface area contributed by atoms with E-state index < -0.39 is 14.8 Å². The van der Waals surface area contributed by atoms with Crippen LogP contribution in [0.15, 0.2) is 17.0 Å². The minimum atomic E-state index is -3.51. The molecule has 0 amide bonds. The molecule has 0 aliphatic carbocycles. The van der Waals surface area contributed by atoms with Gasteiger partial charge in [0.25, 0.3) is 5.69 Å². The summed E-state index contributed by atoms with van der Waals surface area (Å²) in [6.45, 7) is 1.50. The SMILES string of the molecule is Cc1cc([N+](=O)[O-])c(Cl)cc1S(=O)(=O)CCCCl. The van der Waals surface area contributed by atoms with E-state index in [4.69, 9.17) is 23.2 Å².